The van der Waals surface area contributed by atoms with E-state index in [4.69, 9.17) is 4.74 Å². The van der Waals surface area contributed by atoms with Crippen LogP contribution in [0.25, 0.3) is 0 Å². The molecule has 1 heterocycles. The molecule has 192 valence electrons. The topological polar surface area (TPSA) is 49.9 Å². The van der Waals surface area contributed by atoms with Crippen molar-refractivity contribution < 1.29 is 14.3 Å². The fraction of sp³-hybridized carbons (Fsp3) is 0.548. The predicted octanol–water partition coefficient (Wildman–Crippen LogP) is 5.66. The van der Waals surface area contributed by atoms with Crippen molar-refractivity contribution in [3.05, 3.63) is 65.2 Å². The fourth-order valence-electron chi connectivity index (χ4n) is 6.36. The molecule has 2 aromatic rings. The fourth-order valence-corrected chi connectivity index (χ4v) is 6.36. The number of nitrogens with zero attached hydrogens (tertiary/aromatic N) is 2. The Morgan fingerprint density at radius 2 is 1.44 bits per heavy atom. The number of hydrogen-bond donors (Lipinski definition) is 0. The second-order valence-electron chi connectivity index (χ2n) is 10.9. The van der Waals surface area contributed by atoms with Gasteiger partial charge in [-0.3, -0.25) is 9.59 Å². The molecule has 1 saturated carbocycles. The average Bonchev–Trinajstić information content (AvgIpc) is 3.34. The Kier molecular flexibility index (Phi) is 7.93. The Hall–Kier alpha value is -2.82. The van der Waals surface area contributed by atoms with Crippen molar-refractivity contribution in [1.82, 2.24) is 9.80 Å². The summed E-state index contributed by atoms with van der Waals surface area (Å²) in [6.45, 7) is 1.56. The second-order valence-corrected chi connectivity index (χ2v) is 10.9. The first-order chi connectivity index (χ1) is 17.6. The van der Waals surface area contributed by atoms with Crippen molar-refractivity contribution in [3.63, 3.8) is 0 Å². The molecule has 5 heteroatoms. The number of benzene rings is 2. The van der Waals surface area contributed by atoms with E-state index in [0.717, 1.165) is 83.7 Å². The molecule has 0 saturated heterocycles. The minimum atomic E-state index is -0.0872. The normalized spacial score (nSPS) is 24.1. The molecular formula is C31H40N2O3. The number of para-hydroxylation sites is 1. The van der Waals surface area contributed by atoms with Crippen molar-refractivity contribution in [3.8, 4) is 5.75 Å². The largest absolute Gasteiger partial charge is 0.487 e. The van der Waals surface area contributed by atoms with Crippen LogP contribution in [0.3, 0.4) is 0 Å². The van der Waals surface area contributed by atoms with Crippen molar-refractivity contribution in [2.45, 2.75) is 82.8 Å². The number of carbonyl (C=O) groups excluding carboxylic acids is 2. The van der Waals surface area contributed by atoms with Gasteiger partial charge in [0.2, 0.25) is 5.91 Å². The van der Waals surface area contributed by atoms with Crippen molar-refractivity contribution in [2.24, 2.45) is 5.92 Å². The first-order valence-corrected chi connectivity index (χ1v) is 14.0. The maximum absolute atomic E-state index is 14.1. The van der Waals surface area contributed by atoms with Gasteiger partial charge >= 0.3 is 0 Å². The molecule has 2 aromatic carbocycles. The Morgan fingerprint density at radius 3 is 2.22 bits per heavy atom. The number of fused-ring (bicyclic) bond motifs is 3. The minimum Gasteiger partial charge on any atom is -0.487 e. The third-order valence-electron chi connectivity index (χ3n) is 8.39. The van der Waals surface area contributed by atoms with Gasteiger partial charge < -0.3 is 14.5 Å². The summed E-state index contributed by atoms with van der Waals surface area (Å²) in [6, 6.07) is 16.2. The van der Waals surface area contributed by atoms with Crippen LogP contribution in [0.15, 0.2) is 48.5 Å². The highest BCUT2D eigenvalue weighted by Crippen LogP contribution is 2.34. The van der Waals surface area contributed by atoms with Gasteiger partial charge in [-0.2, -0.15) is 0 Å². The van der Waals surface area contributed by atoms with Crippen LogP contribution < -0.4 is 4.74 Å². The van der Waals surface area contributed by atoms with E-state index in [0.29, 0.717) is 17.2 Å². The summed E-state index contributed by atoms with van der Waals surface area (Å²) in [6.07, 6.45) is 11.1. The molecule has 5 rings (SSSR count). The second kappa shape index (κ2) is 11.5. The van der Waals surface area contributed by atoms with Crippen LogP contribution in [0, 0.1) is 5.92 Å². The third kappa shape index (κ3) is 5.45. The Morgan fingerprint density at radius 1 is 0.806 bits per heavy atom. The molecule has 0 aromatic heterocycles. The van der Waals surface area contributed by atoms with Crippen LogP contribution in [0.1, 0.15) is 79.3 Å². The molecule has 2 atom stereocenters. The SMILES string of the molecule is CN1CCCCCCCN(C(=O)C2Cc3ccccc3C2)[C@@H]2CCCC[C@@H]2Oc2ccccc2C1=O. The van der Waals surface area contributed by atoms with Gasteiger partial charge in [0.05, 0.1) is 11.6 Å². The summed E-state index contributed by atoms with van der Waals surface area (Å²) in [5, 5.41) is 0. The maximum Gasteiger partial charge on any atom is 0.257 e. The van der Waals surface area contributed by atoms with Gasteiger partial charge in [0.15, 0.2) is 0 Å². The van der Waals surface area contributed by atoms with E-state index in [9.17, 15) is 9.59 Å². The average molecular weight is 489 g/mol. The first kappa shape index (κ1) is 24.9. The molecule has 5 nitrogen and oxygen atoms in total. The van der Waals surface area contributed by atoms with E-state index in [1.165, 1.54) is 11.1 Å². The van der Waals surface area contributed by atoms with Gasteiger partial charge in [-0.25, -0.2) is 0 Å². The summed E-state index contributed by atoms with van der Waals surface area (Å²) in [4.78, 5) is 31.4. The van der Waals surface area contributed by atoms with E-state index < -0.39 is 0 Å². The quantitative estimate of drug-likeness (QED) is 0.521. The highest BCUT2D eigenvalue weighted by Gasteiger charge is 2.39. The lowest BCUT2D eigenvalue weighted by atomic mass is 9.89. The highest BCUT2D eigenvalue weighted by atomic mass is 16.5. The lowest BCUT2D eigenvalue weighted by Gasteiger charge is -2.41. The molecule has 0 spiro atoms. The maximum atomic E-state index is 14.1. The van der Waals surface area contributed by atoms with E-state index in [1.54, 1.807) is 0 Å². The highest BCUT2D eigenvalue weighted by molar-refractivity contribution is 5.96. The lowest BCUT2D eigenvalue weighted by molar-refractivity contribution is -0.141. The van der Waals surface area contributed by atoms with Gasteiger partial charge in [-0.15, -0.1) is 0 Å². The van der Waals surface area contributed by atoms with Gasteiger partial charge in [0.25, 0.3) is 5.91 Å². The zero-order valence-corrected chi connectivity index (χ0v) is 21.7. The zero-order chi connectivity index (χ0) is 24.9. The van der Waals surface area contributed by atoms with Gasteiger partial charge in [0.1, 0.15) is 11.9 Å². The molecule has 0 bridgehead atoms. The van der Waals surface area contributed by atoms with E-state index >= 15 is 0 Å². The van der Waals surface area contributed by atoms with Crippen LogP contribution in [-0.4, -0.2) is 53.9 Å². The summed E-state index contributed by atoms with van der Waals surface area (Å²) >= 11 is 0. The Bertz CT molecular complexity index is 1040. The van der Waals surface area contributed by atoms with Crippen LogP contribution in [-0.2, 0) is 17.6 Å². The molecule has 0 radical (unpaired) electrons. The summed E-state index contributed by atoms with van der Waals surface area (Å²) in [7, 11) is 1.89. The molecule has 36 heavy (non-hydrogen) atoms. The number of hydrogen-bond acceptors (Lipinski definition) is 3. The van der Waals surface area contributed by atoms with Crippen LogP contribution in [0.4, 0.5) is 0 Å². The van der Waals surface area contributed by atoms with Gasteiger partial charge in [-0.05, 0) is 68.2 Å². The molecular weight excluding hydrogens is 448 g/mol. The van der Waals surface area contributed by atoms with E-state index in [-0.39, 0.29) is 24.0 Å². The van der Waals surface area contributed by atoms with Crippen molar-refractivity contribution >= 4 is 11.8 Å². The van der Waals surface area contributed by atoms with Crippen LogP contribution >= 0.6 is 0 Å². The number of carbonyl (C=O) groups is 2. The molecule has 3 aliphatic rings. The summed E-state index contributed by atoms with van der Waals surface area (Å²) < 4.78 is 6.66. The van der Waals surface area contributed by atoms with Crippen molar-refractivity contribution in [1.29, 1.82) is 0 Å². The predicted molar refractivity (Wildman–Crippen MR) is 142 cm³/mol. The number of amides is 2. The van der Waals surface area contributed by atoms with E-state index in [2.05, 4.69) is 29.2 Å². The Balaban J connectivity index is 1.42. The molecule has 2 amide bonds. The van der Waals surface area contributed by atoms with Crippen LogP contribution in [0.5, 0.6) is 5.75 Å². The van der Waals surface area contributed by atoms with Gasteiger partial charge in [-0.1, -0.05) is 62.1 Å². The van der Waals surface area contributed by atoms with Crippen LogP contribution in [0.2, 0.25) is 0 Å². The molecule has 0 N–H and O–H groups in total. The molecule has 2 aliphatic carbocycles. The van der Waals surface area contributed by atoms with E-state index in [1.807, 2.05) is 36.2 Å². The third-order valence-corrected chi connectivity index (χ3v) is 8.39. The Labute approximate surface area is 215 Å². The zero-order valence-electron chi connectivity index (χ0n) is 21.7. The molecule has 1 aliphatic heterocycles. The van der Waals surface area contributed by atoms with Crippen molar-refractivity contribution in [2.75, 3.05) is 20.1 Å². The molecule has 1 fully saturated rings. The number of ether oxygens (including phenoxy) is 1. The summed E-state index contributed by atoms with van der Waals surface area (Å²) in [5.41, 5.74) is 3.27. The molecule has 0 unspecified atom stereocenters. The summed E-state index contributed by atoms with van der Waals surface area (Å²) in [5.74, 6) is 0.987. The van der Waals surface area contributed by atoms with Gasteiger partial charge in [0, 0.05) is 26.1 Å². The number of rotatable bonds is 1. The first-order valence-electron chi connectivity index (χ1n) is 14.0. The standard InChI is InChI=1S/C31H40N2O3/c1-32-19-11-3-2-4-12-20-33(30(34)25-21-23-13-5-6-14-24(23)22-25)27-16-8-10-18-29(27)36-28-17-9-7-15-26(28)31(32)35/h5-7,9,13-15,17,25,27,29H,2-4,8,10-12,16,18-22H2,1H3/t27-,29+/m1/s1. The lowest BCUT2D eigenvalue weighted by Crippen LogP contribution is -2.52. The minimum absolute atomic E-state index is 0.0180. The monoisotopic (exact) mass is 488 g/mol. The smallest absolute Gasteiger partial charge is 0.257 e.